The second-order valence-electron chi connectivity index (χ2n) is 10.9. The van der Waals surface area contributed by atoms with Crippen LogP contribution in [0.1, 0.15) is 71.4 Å². The first-order chi connectivity index (χ1) is 18.6. The number of esters is 1. The number of ether oxygens (including phenoxy) is 2. The Morgan fingerprint density at radius 2 is 1.56 bits per heavy atom. The van der Waals surface area contributed by atoms with Crippen molar-refractivity contribution in [2.24, 2.45) is 0 Å². The molecule has 1 aliphatic heterocycles. The molecule has 1 heterocycles. The van der Waals surface area contributed by atoms with Crippen molar-refractivity contribution in [1.29, 1.82) is 0 Å². The second kappa shape index (κ2) is 11.7. The van der Waals surface area contributed by atoms with Crippen molar-refractivity contribution in [3.63, 3.8) is 0 Å². The van der Waals surface area contributed by atoms with E-state index in [1.807, 2.05) is 76.2 Å². The second-order valence-corrected chi connectivity index (χ2v) is 10.9. The van der Waals surface area contributed by atoms with E-state index in [0.717, 1.165) is 35.1 Å². The first-order valence-electron chi connectivity index (χ1n) is 13.2. The van der Waals surface area contributed by atoms with Gasteiger partial charge in [-0.25, -0.2) is 9.59 Å². The molecule has 0 saturated carbocycles. The molecule has 204 valence electrons. The number of nitrogens with zero attached hydrogens (tertiary/aromatic N) is 1. The van der Waals surface area contributed by atoms with Crippen LogP contribution in [0.15, 0.2) is 66.7 Å². The topological polar surface area (TPSA) is 84.9 Å². The smallest absolute Gasteiger partial charge is 0.410 e. The van der Waals surface area contributed by atoms with Gasteiger partial charge in [0, 0.05) is 18.7 Å². The number of hydrogen-bond donors (Lipinski definition) is 1. The Balaban J connectivity index is 1.53. The predicted octanol–water partition coefficient (Wildman–Crippen LogP) is 6.82. The molecule has 7 heteroatoms. The van der Waals surface area contributed by atoms with Crippen molar-refractivity contribution in [3.05, 3.63) is 89.0 Å². The summed E-state index contributed by atoms with van der Waals surface area (Å²) in [6.45, 7) is 8.69. The van der Waals surface area contributed by atoms with Crippen molar-refractivity contribution in [1.82, 2.24) is 4.90 Å². The number of methoxy groups -OCH3 is 1. The number of piperidine rings is 1. The van der Waals surface area contributed by atoms with E-state index in [9.17, 15) is 14.4 Å². The molecule has 1 aliphatic rings. The molecule has 0 spiro atoms. The lowest BCUT2D eigenvalue weighted by atomic mass is 9.87. The maximum Gasteiger partial charge on any atom is 0.410 e. The van der Waals surface area contributed by atoms with Crippen LogP contribution in [-0.4, -0.2) is 48.7 Å². The van der Waals surface area contributed by atoms with Crippen molar-refractivity contribution >= 4 is 23.7 Å². The molecule has 0 aliphatic carbocycles. The number of amides is 2. The van der Waals surface area contributed by atoms with E-state index in [1.54, 1.807) is 17.0 Å². The molecule has 1 fully saturated rings. The summed E-state index contributed by atoms with van der Waals surface area (Å²) in [5.41, 5.74) is 4.44. The number of hydrogen-bond acceptors (Lipinski definition) is 5. The van der Waals surface area contributed by atoms with Gasteiger partial charge in [0.15, 0.2) is 0 Å². The number of likely N-dealkylation sites (tertiary alicyclic amines) is 1. The maximum atomic E-state index is 13.5. The molecule has 0 atom stereocenters. The third kappa shape index (κ3) is 6.85. The standard InChI is InChI=1S/C32H36N2O5/c1-21-11-12-24(23-15-17-34(18-16-23)31(37)39-32(2,3)4)19-27(21)29(35)33-28-20-25(22-9-7-6-8-10-22)13-14-26(28)30(36)38-5/h6-14,19-20,23H,15-18H2,1-5H3,(H,33,35). The molecule has 1 saturated heterocycles. The fourth-order valence-electron chi connectivity index (χ4n) is 4.80. The van der Waals surface area contributed by atoms with Crippen molar-refractivity contribution < 1.29 is 23.9 Å². The minimum Gasteiger partial charge on any atom is -0.465 e. The highest BCUT2D eigenvalue weighted by molar-refractivity contribution is 6.09. The molecule has 39 heavy (non-hydrogen) atoms. The summed E-state index contributed by atoms with van der Waals surface area (Å²) in [6.07, 6.45) is 1.29. The molecule has 0 aromatic heterocycles. The number of anilines is 1. The van der Waals surface area contributed by atoms with E-state index in [1.165, 1.54) is 7.11 Å². The van der Waals surface area contributed by atoms with Crippen LogP contribution in [0.2, 0.25) is 0 Å². The minimum absolute atomic E-state index is 0.225. The lowest BCUT2D eigenvalue weighted by Crippen LogP contribution is -2.41. The van der Waals surface area contributed by atoms with E-state index in [4.69, 9.17) is 9.47 Å². The monoisotopic (exact) mass is 528 g/mol. The highest BCUT2D eigenvalue weighted by Crippen LogP contribution is 2.31. The average Bonchev–Trinajstić information content (AvgIpc) is 2.92. The Morgan fingerprint density at radius 1 is 0.872 bits per heavy atom. The first-order valence-corrected chi connectivity index (χ1v) is 13.2. The average molecular weight is 529 g/mol. The predicted molar refractivity (Wildman–Crippen MR) is 152 cm³/mol. The molecule has 0 radical (unpaired) electrons. The van der Waals surface area contributed by atoms with Gasteiger partial charge in [-0.05, 0) is 86.9 Å². The summed E-state index contributed by atoms with van der Waals surface area (Å²) in [7, 11) is 1.32. The zero-order chi connectivity index (χ0) is 28.2. The van der Waals surface area contributed by atoms with E-state index in [0.29, 0.717) is 24.3 Å². The van der Waals surface area contributed by atoms with E-state index >= 15 is 0 Å². The number of rotatable bonds is 5. The number of aryl methyl sites for hydroxylation is 1. The number of carbonyl (C=O) groups is 3. The van der Waals surface area contributed by atoms with Crippen molar-refractivity contribution in [2.45, 2.75) is 52.1 Å². The molecular formula is C32H36N2O5. The molecule has 3 aromatic carbocycles. The Morgan fingerprint density at radius 3 is 2.21 bits per heavy atom. The van der Waals surface area contributed by atoms with Crippen LogP contribution in [0.5, 0.6) is 0 Å². The summed E-state index contributed by atoms with van der Waals surface area (Å²) in [6, 6.07) is 21.0. The Labute approximate surface area is 230 Å². The largest absolute Gasteiger partial charge is 0.465 e. The third-order valence-electron chi connectivity index (χ3n) is 6.90. The highest BCUT2D eigenvalue weighted by atomic mass is 16.6. The Bertz CT molecular complexity index is 1350. The van der Waals surface area contributed by atoms with Gasteiger partial charge in [-0.3, -0.25) is 4.79 Å². The van der Waals surface area contributed by atoms with Gasteiger partial charge in [-0.1, -0.05) is 48.5 Å². The van der Waals surface area contributed by atoms with Gasteiger partial charge in [0.05, 0.1) is 18.4 Å². The summed E-state index contributed by atoms with van der Waals surface area (Å²) in [4.78, 5) is 40.2. The van der Waals surface area contributed by atoms with Crippen LogP contribution in [0.3, 0.4) is 0 Å². The quantitative estimate of drug-likeness (QED) is 0.368. The van der Waals surface area contributed by atoms with Gasteiger partial charge < -0.3 is 19.7 Å². The zero-order valence-electron chi connectivity index (χ0n) is 23.2. The summed E-state index contributed by atoms with van der Waals surface area (Å²) >= 11 is 0. The fourth-order valence-corrected chi connectivity index (χ4v) is 4.80. The lowest BCUT2D eigenvalue weighted by molar-refractivity contribution is 0.0204. The van der Waals surface area contributed by atoms with Gasteiger partial charge in [-0.15, -0.1) is 0 Å². The molecule has 2 amide bonds. The molecule has 3 aromatic rings. The summed E-state index contributed by atoms with van der Waals surface area (Å²) < 4.78 is 10.5. The molecule has 0 bridgehead atoms. The van der Waals surface area contributed by atoms with Crippen LogP contribution in [0.4, 0.5) is 10.5 Å². The SMILES string of the molecule is COC(=O)c1ccc(-c2ccccc2)cc1NC(=O)c1cc(C2CCN(C(=O)OC(C)(C)C)CC2)ccc1C. The molecular weight excluding hydrogens is 492 g/mol. The van der Waals surface area contributed by atoms with E-state index < -0.39 is 11.6 Å². The maximum absolute atomic E-state index is 13.5. The lowest BCUT2D eigenvalue weighted by Gasteiger charge is -2.33. The summed E-state index contributed by atoms with van der Waals surface area (Å²) in [5.74, 6) is -0.592. The normalized spacial score (nSPS) is 14.0. The van der Waals surface area contributed by atoms with Crippen LogP contribution < -0.4 is 5.32 Å². The van der Waals surface area contributed by atoms with Crippen molar-refractivity contribution in [3.8, 4) is 11.1 Å². The van der Waals surface area contributed by atoms with Gasteiger partial charge >= 0.3 is 12.1 Å². The van der Waals surface area contributed by atoms with Gasteiger partial charge in [-0.2, -0.15) is 0 Å². The number of carbonyl (C=O) groups excluding carboxylic acids is 3. The van der Waals surface area contributed by atoms with Gasteiger partial charge in [0.2, 0.25) is 0 Å². The zero-order valence-corrected chi connectivity index (χ0v) is 23.2. The number of nitrogens with one attached hydrogen (secondary N) is 1. The van der Waals surface area contributed by atoms with Crippen LogP contribution in [0, 0.1) is 6.92 Å². The first kappa shape index (κ1) is 27.9. The fraction of sp³-hybridized carbons (Fsp3) is 0.344. The van der Waals surface area contributed by atoms with Gasteiger partial charge in [0.25, 0.3) is 5.91 Å². The highest BCUT2D eigenvalue weighted by Gasteiger charge is 2.28. The Kier molecular flexibility index (Phi) is 8.38. The molecule has 0 unspecified atom stereocenters. The van der Waals surface area contributed by atoms with E-state index in [-0.39, 0.29) is 23.5 Å². The minimum atomic E-state index is -0.526. The van der Waals surface area contributed by atoms with Crippen LogP contribution in [-0.2, 0) is 9.47 Å². The van der Waals surface area contributed by atoms with E-state index in [2.05, 4.69) is 11.4 Å². The van der Waals surface area contributed by atoms with Crippen LogP contribution in [0.25, 0.3) is 11.1 Å². The molecule has 7 nitrogen and oxygen atoms in total. The summed E-state index contributed by atoms with van der Waals surface area (Å²) in [5, 5.41) is 2.96. The third-order valence-corrected chi connectivity index (χ3v) is 6.90. The van der Waals surface area contributed by atoms with Gasteiger partial charge in [0.1, 0.15) is 5.60 Å². The van der Waals surface area contributed by atoms with Crippen LogP contribution >= 0.6 is 0 Å². The Hall–Kier alpha value is -4.13. The van der Waals surface area contributed by atoms with Crippen molar-refractivity contribution in [2.75, 3.05) is 25.5 Å². The molecule has 4 rings (SSSR count). The number of benzene rings is 3. The molecule has 1 N–H and O–H groups in total.